The van der Waals surface area contributed by atoms with E-state index in [0.29, 0.717) is 65.8 Å². The number of benzene rings is 3. The zero-order valence-corrected chi connectivity index (χ0v) is 23.0. The number of hydrogen-bond donors (Lipinski definition) is 3. The lowest BCUT2D eigenvalue weighted by molar-refractivity contribution is -0.118. The fourth-order valence-electron chi connectivity index (χ4n) is 4.59. The first kappa shape index (κ1) is 28.3. The summed E-state index contributed by atoms with van der Waals surface area (Å²) in [4.78, 5) is 42.7. The van der Waals surface area contributed by atoms with Crippen molar-refractivity contribution in [3.63, 3.8) is 0 Å². The highest BCUT2D eigenvalue weighted by Gasteiger charge is 2.25. The molecule has 42 heavy (non-hydrogen) atoms. The van der Waals surface area contributed by atoms with Crippen LogP contribution in [0.15, 0.2) is 72.9 Å². The maximum Gasteiger partial charge on any atom is 0.322 e. The standard InChI is InChI=1S/C31H30FN5O5/c1-41-28-18-24-25(19-26(28)37-17-16-34-31(37)40)33-15-14-27(24)42-23-12-10-22(11-13-23)36-30(39)5-3-2-4-29(38)35-21-8-6-20(32)7-9-21/h6-15,18-19H,2-5,16-17H2,1H3,(H,34,40)(H,35,38)(H,36,39). The van der Waals surface area contributed by atoms with Crippen LogP contribution in [0.5, 0.6) is 17.2 Å². The number of urea groups is 1. The molecular weight excluding hydrogens is 541 g/mol. The van der Waals surface area contributed by atoms with Crippen molar-refractivity contribution in [1.82, 2.24) is 10.3 Å². The molecule has 0 atom stereocenters. The molecule has 10 nitrogen and oxygen atoms in total. The monoisotopic (exact) mass is 571 g/mol. The van der Waals surface area contributed by atoms with Gasteiger partial charge in [-0.1, -0.05) is 0 Å². The van der Waals surface area contributed by atoms with Gasteiger partial charge in [0.05, 0.1) is 18.3 Å². The van der Waals surface area contributed by atoms with E-state index < -0.39 is 0 Å². The van der Waals surface area contributed by atoms with Crippen molar-refractivity contribution in [2.24, 2.45) is 0 Å². The van der Waals surface area contributed by atoms with Crippen molar-refractivity contribution in [3.8, 4) is 17.2 Å². The summed E-state index contributed by atoms with van der Waals surface area (Å²) in [5.41, 5.74) is 2.44. The summed E-state index contributed by atoms with van der Waals surface area (Å²) in [6.07, 6.45) is 3.27. The summed E-state index contributed by atoms with van der Waals surface area (Å²) in [6, 6.07) is 17.7. The lowest BCUT2D eigenvalue weighted by atomic mass is 10.1. The summed E-state index contributed by atoms with van der Waals surface area (Å²) >= 11 is 0. The van der Waals surface area contributed by atoms with Crippen molar-refractivity contribution >= 4 is 45.8 Å². The number of halogens is 1. The number of fused-ring (bicyclic) bond motifs is 1. The van der Waals surface area contributed by atoms with Gasteiger partial charge in [0.15, 0.2) is 0 Å². The van der Waals surface area contributed by atoms with Crippen LogP contribution in [0.2, 0.25) is 0 Å². The van der Waals surface area contributed by atoms with Crippen LogP contribution in [-0.2, 0) is 9.59 Å². The molecule has 4 aromatic rings. The smallest absolute Gasteiger partial charge is 0.322 e. The molecule has 1 aliphatic rings. The molecule has 1 saturated heterocycles. The Morgan fingerprint density at radius 2 is 1.57 bits per heavy atom. The second kappa shape index (κ2) is 13.0. The quantitative estimate of drug-likeness (QED) is 0.194. The minimum atomic E-state index is -0.366. The molecule has 216 valence electrons. The van der Waals surface area contributed by atoms with E-state index in [9.17, 15) is 18.8 Å². The van der Waals surface area contributed by atoms with Crippen LogP contribution < -0.4 is 30.3 Å². The molecule has 1 aromatic heterocycles. The van der Waals surface area contributed by atoms with Gasteiger partial charge in [0.2, 0.25) is 11.8 Å². The van der Waals surface area contributed by atoms with Crippen LogP contribution in [0.25, 0.3) is 10.9 Å². The molecule has 0 aliphatic carbocycles. The first-order valence-electron chi connectivity index (χ1n) is 13.5. The average molecular weight is 572 g/mol. The zero-order chi connectivity index (χ0) is 29.5. The first-order valence-corrected chi connectivity index (χ1v) is 13.5. The molecule has 0 unspecified atom stereocenters. The number of carbonyl (C=O) groups excluding carboxylic acids is 3. The van der Waals surface area contributed by atoms with Gasteiger partial charge in [0.1, 0.15) is 23.1 Å². The van der Waals surface area contributed by atoms with Gasteiger partial charge < -0.3 is 25.4 Å². The Bertz CT molecular complexity index is 1590. The number of nitrogens with zero attached hydrogens (tertiary/aromatic N) is 2. The van der Waals surface area contributed by atoms with E-state index in [1.165, 1.54) is 24.3 Å². The predicted octanol–water partition coefficient (Wildman–Crippen LogP) is 5.84. The fourth-order valence-corrected chi connectivity index (χ4v) is 4.59. The number of ether oxygens (including phenoxy) is 2. The summed E-state index contributed by atoms with van der Waals surface area (Å²) in [5.74, 6) is 0.957. The van der Waals surface area contributed by atoms with Crippen molar-refractivity contribution in [3.05, 3.63) is 78.7 Å². The van der Waals surface area contributed by atoms with Gasteiger partial charge >= 0.3 is 6.03 Å². The molecule has 4 amide bonds. The van der Waals surface area contributed by atoms with Crippen molar-refractivity contribution in [2.75, 3.05) is 35.7 Å². The molecular formula is C31H30FN5O5. The Morgan fingerprint density at radius 3 is 2.17 bits per heavy atom. The molecule has 11 heteroatoms. The average Bonchev–Trinajstić information content (AvgIpc) is 3.42. The summed E-state index contributed by atoms with van der Waals surface area (Å²) in [6.45, 7) is 1.10. The number of unbranched alkanes of at least 4 members (excludes halogenated alkanes) is 1. The number of pyridine rings is 1. The Labute approximate surface area is 241 Å². The SMILES string of the molecule is COc1cc2c(Oc3ccc(NC(=O)CCCCC(=O)Nc4ccc(F)cc4)cc3)ccnc2cc1N1CCNC1=O. The van der Waals surface area contributed by atoms with Gasteiger partial charge in [-0.05, 0) is 79.6 Å². The van der Waals surface area contributed by atoms with Crippen LogP contribution >= 0.6 is 0 Å². The maximum absolute atomic E-state index is 13.0. The topological polar surface area (TPSA) is 122 Å². The zero-order valence-electron chi connectivity index (χ0n) is 23.0. The van der Waals surface area contributed by atoms with Crippen LogP contribution in [0.1, 0.15) is 25.7 Å². The normalized spacial score (nSPS) is 12.6. The molecule has 3 aromatic carbocycles. The van der Waals surface area contributed by atoms with E-state index in [0.717, 1.165) is 5.39 Å². The summed E-state index contributed by atoms with van der Waals surface area (Å²) in [7, 11) is 1.55. The number of carbonyl (C=O) groups is 3. The van der Waals surface area contributed by atoms with Gasteiger partial charge in [-0.3, -0.25) is 19.5 Å². The molecule has 3 N–H and O–H groups in total. The lowest BCUT2D eigenvalue weighted by Crippen LogP contribution is -2.28. The number of nitrogens with one attached hydrogen (secondary N) is 3. The van der Waals surface area contributed by atoms with Crippen LogP contribution in [0.4, 0.5) is 26.2 Å². The Kier molecular flexibility index (Phi) is 8.76. The van der Waals surface area contributed by atoms with Gasteiger partial charge in [-0.15, -0.1) is 0 Å². The number of amides is 4. The molecule has 1 fully saturated rings. The van der Waals surface area contributed by atoms with Gasteiger partial charge in [-0.25, -0.2) is 9.18 Å². The number of anilines is 3. The molecule has 0 spiro atoms. The Morgan fingerprint density at radius 1 is 0.929 bits per heavy atom. The van der Waals surface area contributed by atoms with Gasteiger partial charge in [0, 0.05) is 48.9 Å². The van der Waals surface area contributed by atoms with Crippen LogP contribution in [0, 0.1) is 5.82 Å². The second-order valence-corrected chi connectivity index (χ2v) is 9.67. The van der Waals surface area contributed by atoms with E-state index in [4.69, 9.17) is 9.47 Å². The van der Waals surface area contributed by atoms with Crippen LogP contribution in [-0.4, -0.2) is 43.0 Å². The largest absolute Gasteiger partial charge is 0.495 e. The minimum absolute atomic E-state index is 0.155. The molecule has 1 aliphatic heterocycles. The van der Waals surface area contributed by atoms with E-state index >= 15 is 0 Å². The highest BCUT2D eigenvalue weighted by Crippen LogP contribution is 2.38. The van der Waals surface area contributed by atoms with E-state index in [1.807, 2.05) is 6.07 Å². The van der Waals surface area contributed by atoms with E-state index in [2.05, 4.69) is 20.9 Å². The van der Waals surface area contributed by atoms with Gasteiger partial charge in [0.25, 0.3) is 0 Å². The fraction of sp³-hybridized carbons (Fsp3) is 0.226. The third-order valence-electron chi connectivity index (χ3n) is 6.70. The molecule has 2 heterocycles. The minimum Gasteiger partial charge on any atom is -0.495 e. The van der Waals surface area contributed by atoms with Crippen molar-refractivity contribution in [2.45, 2.75) is 25.7 Å². The summed E-state index contributed by atoms with van der Waals surface area (Å²) in [5, 5.41) is 9.07. The van der Waals surface area contributed by atoms with Crippen molar-refractivity contribution < 1.29 is 28.2 Å². The number of methoxy groups -OCH3 is 1. The third-order valence-corrected chi connectivity index (χ3v) is 6.70. The maximum atomic E-state index is 13.0. The molecule has 0 radical (unpaired) electrons. The number of aromatic nitrogens is 1. The van der Waals surface area contributed by atoms with Crippen molar-refractivity contribution in [1.29, 1.82) is 0 Å². The van der Waals surface area contributed by atoms with Crippen LogP contribution in [0.3, 0.4) is 0 Å². The van der Waals surface area contributed by atoms with E-state index in [1.54, 1.807) is 54.6 Å². The number of hydrogen-bond acceptors (Lipinski definition) is 6. The second-order valence-electron chi connectivity index (χ2n) is 9.67. The predicted molar refractivity (Wildman–Crippen MR) is 158 cm³/mol. The summed E-state index contributed by atoms with van der Waals surface area (Å²) < 4.78 is 24.7. The first-order chi connectivity index (χ1) is 20.4. The lowest BCUT2D eigenvalue weighted by Gasteiger charge is -2.19. The molecule has 5 rings (SSSR count). The Balaban J connectivity index is 1.13. The Hall–Kier alpha value is -5.19. The third kappa shape index (κ3) is 6.92. The highest BCUT2D eigenvalue weighted by atomic mass is 19.1. The van der Waals surface area contributed by atoms with E-state index in [-0.39, 0.29) is 36.5 Å². The number of rotatable bonds is 11. The molecule has 0 bridgehead atoms. The highest BCUT2D eigenvalue weighted by molar-refractivity contribution is 5.99. The molecule has 0 saturated carbocycles. The van der Waals surface area contributed by atoms with Gasteiger partial charge in [-0.2, -0.15) is 0 Å².